The molecule has 0 saturated heterocycles. The minimum Gasteiger partial charge on any atom is -0.481 e. The lowest BCUT2D eigenvalue weighted by Crippen LogP contribution is -1.91. The van der Waals surface area contributed by atoms with E-state index in [2.05, 4.69) is 37.0 Å². The molecule has 0 unspecified atom stereocenters. The summed E-state index contributed by atoms with van der Waals surface area (Å²) >= 11 is 0. The number of benzene rings is 1. The summed E-state index contributed by atoms with van der Waals surface area (Å²) in [7, 11) is 1.65. The molecular formula is C15H21NO. The molecule has 0 bridgehead atoms. The third kappa shape index (κ3) is 2.96. The number of methoxy groups -OCH3 is 1. The zero-order valence-corrected chi connectivity index (χ0v) is 11.3. The van der Waals surface area contributed by atoms with Crippen LogP contribution in [0.2, 0.25) is 0 Å². The molecule has 1 aromatic carbocycles. The first kappa shape index (κ1) is 13.5. The van der Waals surface area contributed by atoms with E-state index in [1.54, 1.807) is 13.3 Å². The van der Waals surface area contributed by atoms with Crippen molar-refractivity contribution in [2.45, 2.75) is 33.6 Å². The Bertz CT molecular complexity index is 477. The molecule has 0 spiro atoms. The second-order valence-corrected chi connectivity index (χ2v) is 3.96. The van der Waals surface area contributed by atoms with Crippen LogP contribution in [-0.2, 0) is 0 Å². The van der Waals surface area contributed by atoms with Gasteiger partial charge in [0.2, 0.25) is 5.88 Å². The molecule has 0 amide bonds. The second kappa shape index (κ2) is 6.24. The van der Waals surface area contributed by atoms with Gasteiger partial charge in [-0.05, 0) is 29.0 Å². The van der Waals surface area contributed by atoms with Gasteiger partial charge < -0.3 is 4.74 Å². The molecule has 0 aliphatic heterocycles. The average molecular weight is 231 g/mol. The monoisotopic (exact) mass is 231 g/mol. The Balaban J connectivity index is 0.000000686. The van der Waals surface area contributed by atoms with Crippen LogP contribution in [0.3, 0.4) is 0 Å². The van der Waals surface area contributed by atoms with Crippen molar-refractivity contribution in [2.24, 2.45) is 0 Å². The minimum atomic E-state index is 0.550. The number of ether oxygens (including phenoxy) is 1. The van der Waals surface area contributed by atoms with E-state index in [0.29, 0.717) is 11.8 Å². The molecule has 0 N–H and O–H groups in total. The molecule has 2 heteroatoms. The van der Waals surface area contributed by atoms with E-state index >= 15 is 0 Å². The van der Waals surface area contributed by atoms with Crippen molar-refractivity contribution in [3.05, 3.63) is 36.0 Å². The molecule has 2 rings (SSSR count). The van der Waals surface area contributed by atoms with Crippen LogP contribution in [0.1, 0.15) is 39.2 Å². The van der Waals surface area contributed by atoms with Gasteiger partial charge in [-0.1, -0.05) is 39.8 Å². The molecule has 0 radical (unpaired) electrons. The van der Waals surface area contributed by atoms with Gasteiger partial charge in [-0.3, -0.25) is 0 Å². The minimum absolute atomic E-state index is 0.550. The van der Waals surface area contributed by atoms with Crippen LogP contribution in [-0.4, -0.2) is 12.1 Å². The maximum atomic E-state index is 5.22. The molecule has 0 saturated carbocycles. The number of hydrogen-bond donors (Lipinski definition) is 0. The number of aromatic nitrogens is 1. The Kier molecular flexibility index (Phi) is 4.95. The fourth-order valence-corrected chi connectivity index (χ4v) is 1.69. The van der Waals surface area contributed by atoms with Crippen molar-refractivity contribution in [3.8, 4) is 5.88 Å². The van der Waals surface area contributed by atoms with Crippen LogP contribution >= 0.6 is 0 Å². The Morgan fingerprint density at radius 3 is 2.41 bits per heavy atom. The first-order chi connectivity index (χ1) is 8.22. The van der Waals surface area contributed by atoms with E-state index in [0.717, 1.165) is 5.39 Å². The van der Waals surface area contributed by atoms with E-state index in [-0.39, 0.29) is 0 Å². The first-order valence-corrected chi connectivity index (χ1v) is 6.15. The molecular weight excluding hydrogens is 210 g/mol. The SMILES string of the molecule is CC.COc1nccc2cc(C(C)C)ccc12. The summed E-state index contributed by atoms with van der Waals surface area (Å²) in [6, 6.07) is 8.43. The normalized spacial score (nSPS) is 10.0. The summed E-state index contributed by atoms with van der Waals surface area (Å²) in [6.45, 7) is 8.39. The fraction of sp³-hybridized carbons (Fsp3) is 0.400. The summed E-state index contributed by atoms with van der Waals surface area (Å²) in [5, 5.41) is 2.26. The maximum Gasteiger partial charge on any atom is 0.221 e. The highest BCUT2D eigenvalue weighted by Gasteiger charge is 2.04. The third-order valence-electron chi connectivity index (χ3n) is 2.61. The molecule has 0 atom stereocenters. The smallest absolute Gasteiger partial charge is 0.221 e. The van der Waals surface area contributed by atoms with Gasteiger partial charge in [-0.2, -0.15) is 0 Å². The van der Waals surface area contributed by atoms with E-state index < -0.39 is 0 Å². The zero-order valence-electron chi connectivity index (χ0n) is 11.3. The van der Waals surface area contributed by atoms with Crippen LogP contribution in [0.5, 0.6) is 5.88 Å². The van der Waals surface area contributed by atoms with Crippen molar-refractivity contribution >= 4 is 10.8 Å². The van der Waals surface area contributed by atoms with E-state index in [1.807, 2.05) is 19.9 Å². The number of hydrogen-bond acceptors (Lipinski definition) is 2. The molecule has 1 heterocycles. The van der Waals surface area contributed by atoms with Crippen molar-refractivity contribution in [1.82, 2.24) is 4.98 Å². The first-order valence-electron chi connectivity index (χ1n) is 6.15. The fourth-order valence-electron chi connectivity index (χ4n) is 1.69. The van der Waals surface area contributed by atoms with Crippen molar-refractivity contribution in [2.75, 3.05) is 7.11 Å². The van der Waals surface area contributed by atoms with Gasteiger partial charge in [0.15, 0.2) is 0 Å². The van der Waals surface area contributed by atoms with E-state index in [1.165, 1.54) is 10.9 Å². The van der Waals surface area contributed by atoms with Crippen LogP contribution in [0, 0.1) is 0 Å². The standard InChI is InChI=1S/C13H15NO.C2H6/c1-9(2)10-4-5-12-11(8-10)6-7-14-13(12)15-3;1-2/h4-9H,1-3H3;1-2H3. The van der Waals surface area contributed by atoms with Gasteiger partial charge >= 0.3 is 0 Å². The van der Waals surface area contributed by atoms with Crippen LogP contribution < -0.4 is 4.74 Å². The van der Waals surface area contributed by atoms with Gasteiger partial charge in [0.05, 0.1) is 7.11 Å². The molecule has 2 aromatic rings. The van der Waals surface area contributed by atoms with Gasteiger partial charge in [0, 0.05) is 11.6 Å². The van der Waals surface area contributed by atoms with Crippen LogP contribution in [0.15, 0.2) is 30.5 Å². The van der Waals surface area contributed by atoms with Crippen molar-refractivity contribution in [3.63, 3.8) is 0 Å². The average Bonchev–Trinajstić information content (AvgIpc) is 2.39. The molecule has 0 aliphatic carbocycles. The van der Waals surface area contributed by atoms with Crippen LogP contribution in [0.4, 0.5) is 0 Å². The summed E-state index contributed by atoms with van der Waals surface area (Å²) in [5.74, 6) is 1.25. The van der Waals surface area contributed by atoms with Gasteiger partial charge in [-0.25, -0.2) is 4.98 Å². The summed E-state index contributed by atoms with van der Waals surface area (Å²) < 4.78 is 5.22. The number of fused-ring (bicyclic) bond motifs is 1. The highest BCUT2D eigenvalue weighted by atomic mass is 16.5. The lowest BCUT2D eigenvalue weighted by atomic mass is 10.0. The molecule has 1 aromatic heterocycles. The van der Waals surface area contributed by atoms with Gasteiger partial charge in [0.25, 0.3) is 0 Å². The molecule has 92 valence electrons. The predicted molar refractivity (Wildman–Crippen MR) is 73.7 cm³/mol. The second-order valence-electron chi connectivity index (χ2n) is 3.96. The van der Waals surface area contributed by atoms with Crippen molar-refractivity contribution < 1.29 is 4.74 Å². The summed E-state index contributed by atoms with van der Waals surface area (Å²) in [6.07, 6.45) is 1.78. The van der Waals surface area contributed by atoms with E-state index in [9.17, 15) is 0 Å². The maximum absolute atomic E-state index is 5.22. The number of nitrogens with zero attached hydrogens (tertiary/aromatic N) is 1. The highest BCUT2D eigenvalue weighted by Crippen LogP contribution is 2.26. The Morgan fingerprint density at radius 2 is 1.82 bits per heavy atom. The Hall–Kier alpha value is -1.57. The topological polar surface area (TPSA) is 22.1 Å². The quantitative estimate of drug-likeness (QED) is 0.764. The molecule has 0 fully saturated rings. The summed E-state index contributed by atoms with van der Waals surface area (Å²) in [5.41, 5.74) is 1.34. The van der Waals surface area contributed by atoms with Gasteiger partial charge in [-0.15, -0.1) is 0 Å². The lowest BCUT2D eigenvalue weighted by molar-refractivity contribution is 0.403. The zero-order chi connectivity index (χ0) is 12.8. The Morgan fingerprint density at radius 1 is 1.12 bits per heavy atom. The van der Waals surface area contributed by atoms with E-state index in [4.69, 9.17) is 4.74 Å². The largest absolute Gasteiger partial charge is 0.481 e. The number of pyridine rings is 1. The highest BCUT2D eigenvalue weighted by molar-refractivity contribution is 5.87. The van der Waals surface area contributed by atoms with Crippen molar-refractivity contribution in [1.29, 1.82) is 0 Å². The number of rotatable bonds is 2. The van der Waals surface area contributed by atoms with Crippen LogP contribution in [0.25, 0.3) is 10.8 Å². The lowest BCUT2D eigenvalue weighted by Gasteiger charge is -2.08. The Labute approximate surface area is 104 Å². The van der Waals surface area contributed by atoms with Gasteiger partial charge in [0.1, 0.15) is 0 Å². The molecule has 2 nitrogen and oxygen atoms in total. The molecule has 0 aliphatic rings. The summed E-state index contributed by atoms with van der Waals surface area (Å²) in [4.78, 5) is 4.18. The predicted octanol–water partition coefficient (Wildman–Crippen LogP) is 4.39. The molecule has 17 heavy (non-hydrogen) atoms. The third-order valence-corrected chi connectivity index (χ3v) is 2.61.